The predicted octanol–water partition coefficient (Wildman–Crippen LogP) is 1.90. The van der Waals surface area contributed by atoms with Crippen molar-refractivity contribution in [3.8, 4) is 0 Å². The van der Waals surface area contributed by atoms with Crippen molar-refractivity contribution in [3.05, 3.63) is 70.8 Å². The van der Waals surface area contributed by atoms with Gasteiger partial charge in [0.05, 0.1) is 22.3 Å². The van der Waals surface area contributed by atoms with Gasteiger partial charge < -0.3 is 10.2 Å². The van der Waals surface area contributed by atoms with Crippen LogP contribution in [0.15, 0.2) is 48.5 Å². The first-order valence-corrected chi connectivity index (χ1v) is 10.4. The first-order chi connectivity index (χ1) is 16.0. The van der Waals surface area contributed by atoms with Crippen molar-refractivity contribution in [2.24, 2.45) is 5.92 Å². The molecular formula is C24H20N2O8. The third kappa shape index (κ3) is 3.10. The van der Waals surface area contributed by atoms with Crippen molar-refractivity contribution in [1.29, 1.82) is 0 Å². The van der Waals surface area contributed by atoms with Crippen molar-refractivity contribution in [2.75, 3.05) is 0 Å². The highest BCUT2D eigenvalue weighted by atomic mass is 16.4. The quantitative estimate of drug-likeness (QED) is 0.590. The monoisotopic (exact) mass is 464 g/mol. The lowest BCUT2D eigenvalue weighted by Crippen LogP contribution is -2.60. The molecule has 0 fully saturated rings. The van der Waals surface area contributed by atoms with Crippen LogP contribution in [-0.2, 0) is 9.59 Å². The SMILES string of the molecule is CC(CC(C(=O)O)N1C(=O)c2ccccc2C1=O)C(C)(C(=O)O)N1C(=O)c2ccccc2C1=O. The van der Waals surface area contributed by atoms with E-state index >= 15 is 0 Å². The van der Waals surface area contributed by atoms with Crippen LogP contribution in [0.25, 0.3) is 0 Å². The fourth-order valence-corrected chi connectivity index (χ4v) is 4.51. The van der Waals surface area contributed by atoms with Gasteiger partial charge in [0.15, 0.2) is 0 Å². The van der Waals surface area contributed by atoms with E-state index in [9.17, 15) is 39.0 Å². The predicted molar refractivity (Wildman–Crippen MR) is 115 cm³/mol. The maximum atomic E-state index is 13.0. The van der Waals surface area contributed by atoms with Crippen LogP contribution in [0.5, 0.6) is 0 Å². The highest BCUT2D eigenvalue weighted by Crippen LogP contribution is 2.37. The number of rotatable bonds is 7. The molecule has 0 radical (unpaired) electrons. The van der Waals surface area contributed by atoms with Crippen LogP contribution < -0.4 is 0 Å². The molecule has 0 bridgehead atoms. The zero-order valence-electron chi connectivity index (χ0n) is 18.2. The normalized spacial score (nSPS) is 18.4. The number of amides is 4. The van der Waals surface area contributed by atoms with E-state index in [1.54, 1.807) is 0 Å². The summed E-state index contributed by atoms with van der Waals surface area (Å²) in [5.41, 5.74) is -1.97. The number of imide groups is 2. The Labute approximate surface area is 193 Å². The molecule has 3 unspecified atom stereocenters. The molecule has 0 aliphatic carbocycles. The van der Waals surface area contributed by atoms with Gasteiger partial charge in [-0.05, 0) is 43.5 Å². The number of hydrogen-bond donors (Lipinski definition) is 2. The van der Waals surface area contributed by atoms with Crippen LogP contribution in [-0.4, -0.2) is 67.2 Å². The van der Waals surface area contributed by atoms with Crippen LogP contribution in [0.4, 0.5) is 0 Å². The summed E-state index contributed by atoms with van der Waals surface area (Å²) >= 11 is 0. The number of carbonyl (C=O) groups excluding carboxylic acids is 4. The fourth-order valence-electron chi connectivity index (χ4n) is 4.51. The summed E-state index contributed by atoms with van der Waals surface area (Å²) in [6, 6.07) is 10.1. The second-order valence-electron chi connectivity index (χ2n) is 8.46. The number of carboxylic acid groups (broad SMARTS) is 2. The highest BCUT2D eigenvalue weighted by molar-refractivity contribution is 6.24. The van der Waals surface area contributed by atoms with Crippen molar-refractivity contribution in [3.63, 3.8) is 0 Å². The summed E-state index contributed by atoms with van der Waals surface area (Å²) in [4.78, 5) is 77.5. The smallest absolute Gasteiger partial charge is 0.330 e. The third-order valence-electron chi connectivity index (χ3n) is 6.65. The molecule has 2 heterocycles. The van der Waals surface area contributed by atoms with Crippen LogP contribution in [0.3, 0.4) is 0 Å². The Bertz CT molecular complexity index is 1220. The summed E-state index contributed by atoms with van der Waals surface area (Å²) in [5, 5.41) is 20.0. The molecule has 2 aliphatic rings. The van der Waals surface area contributed by atoms with E-state index in [4.69, 9.17) is 0 Å². The minimum absolute atomic E-state index is 0.0438. The number of fused-ring (bicyclic) bond motifs is 2. The molecule has 0 aromatic heterocycles. The lowest BCUT2D eigenvalue weighted by Gasteiger charge is -2.39. The van der Waals surface area contributed by atoms with Gasteiger partial charge in [0, 0.05) is 0 Å². The van der Waals surface area contributed by atoms with Crippen LogP contribution >= 0.6 is 0 Å². The Balaban J connectivity index is 1.70. The zero-order chi connectivity index (χ0) is 24.9. The number of carboxylic acids is 2. The molecule has 10 nitrogen and oxygen atoms in total. The summed E-state index contributed by atoms with van der Waals surface area (Å²) in [5.74, 6) is -7.44. The molecule has 0 saturated heterocycles. The van der Waals surface area contributed by atoms with Gasteiger partial charge in [0.1, 0.15) is 11.6 Å². The Hall–Kier alpha value is -4.34. The third-order valence-corrected chi connectivity index (χ3v) is 6.65. The van der Waals surface area contributed by atoms with Gasteiger partial charge in [-0.15, -0.1) is 0 Å². The first kappa shape index (κ1) is 22.8. The van der Waals surface area contributed by atoms with E-state index in [0.717, 1.165) is 6.92 Å². The van der Waals surface area contributed by atoms with E-state index < -0.39 is 59.5 Å². The van der Waals surface area contributed by atoms with E-state index in [-0.39, 0.29) is 22.3 Å². The summed E-state index contributed by atoms with van der Waals surface area (Å²) in [6.07, 6.45) is -0.503. The highest BCUT2D eigenvalue weighted by Gasteiger charge is 2.55. The molecule has 34 heavy (non-hydrogen) atoms. The van der Waals surface area contributed by atoms with Gasteiger partial charge in [0.2, 0.25) is 0 Å². The first-order valence-electron chi connectivity index (χ1n) is 10.4. The largest absolute Gasteiger partial charge is 0.480 e. The van der Waals surface area contributed by atoms with Crippen molar-refractivity contribution in [1.82, 2.24) is 9.80 Å². The number of nitrogens with zero attached hydrogens (tertiary/aromatic N) is 2. The molecule has 0 saturated carbocycles. The maximum absolute atomic E-state index is 13.0. The molecule has 0 spiro atoms. The van der Waals surface area contributed by atoms with E-state index in [0.29, 0.717) is 9.80 Å². The maximum Gasteiger partial charge on any atom is 0.330 e. The standard InChI is InChI=1S/C24H20N2O8/c1-12(11-17(22(31)32)25-18(27)13-7-3-4-8-14(13)19(25)28)24(2,23(33)34)26-20(29)15-9-5-6-10-16(15)21(26)30/h3-10,12,17H,11H2,1-2H3,(H,31,32)(H,33,34). The van der Waals surface area contributed by atoms with Gasteiger partial charge in [0.25, 0.3) is 23.6 Å². The molecule has 3 atom stereocenters. The lowest BCUT2D eigenvalue weighted by molar-refractivity contribution is -0.152. The molecule has 174 valence electrons. The fraction of sp³-hybridized carbons (Fsp3) is 0.250. The molecule has 2 aliphatic heterocycles. The molecule has 2 N–H and O–H groups in total. The van der Waals surface area contributed by atoms with Gasteiger partial charge in [-0.3, -0.25) is 29.0 Å². The molecule has 2 aromatic carbocycles. The van der Waals surface area contributed by atoms with Gasteiger partial charge in [-0.2, -0.15) is 0 Å². The summed E-state index contributed by atoms with van der Waals surface area (Å²) in [7, 11) is 0. The Morgan fingerprint density at radius 1 is 0.794 bits per heavy atom. The van der Waals surface area contributed by atoms with Crippen LogP contribution in [0.1, 0.15) is 61.7 Å². The Kier molecular flexibility index (Phi) is 5.31. The van der Waals surface area contributed by atoms with Crippen molar-refractivity contribution in [2.45, 2.75) is 31.8 Å². The molecule has 10 heteroatoms. The Morgan fingerprint density at radius 2 is 1.18 bits per heavy atom. The topological polar surface area (TPSA) is 149 Å². The number of carbonyl (C=O) groups is 6. The van der Waals surface area contributed by atoms with Crippen molar-refractivity contribution >= 4 is 35.6 Å². The average Bonchev–Trinajstić information content (AvgIpc) is 3.21. The second kappa shape index (κ2) is 7.91. The van der Waals surface area contributed by atoms with E-state index in [1.165, 1.54) is 55.5 Å². The molecule has 4 amide bonds. The van der Waals surface area contributed by atoms with Gasteiger partial charge in [-0.25, -0.2) is 9.59 Å². The number of benzene rings is 2. The summed E-state index contributed by atoms with van der Waals surface area (Å²) < 4.78 is 0. The van der Waals surface area contributed by atoms with E-state index in [2.05, 4.69) is 0 Å². The molecular weight excluding hydrogens is 444 g/mol. The number of aliphatic carboxylic acids is 2. The van der Waals surface area contributed by atoms with Crippen molar-refractivity contribution < 1.29 is 39.0 Å². The number of hydrogen-bond acceptors (Lipinski definition) is 6. The molecule has 2 aromatic rings. The minimum atomic E-state index is -2.15. The Morgan fingerprint density at radius 3 is 1.53 bits per heavy atom. The molecule has 4 rings (SSSR count). The van der Waals surface area contributed by atoms with E-state index in [1.807, 2.05) is 0 Å². The lowest BCUT2D eigenvalue weighted by atomic mass is 9.80. The second-order valence-corrected chi connectivity index (χ2v) is 8.46. The average molecular weight is 464 g/mol. The van der Waals surface area contributed by atoms with Gasteiger partial charge in [-0.1, -0.05) is 31.2 Å². The minimum Gasteiger partial charge on any atom is -0.480 e. The van der Waals surface area contributed by atoms with Gasteiger partial charge >= 0.3 is 11.9 Å². The zero-order valence-corrected chi connectivity index (χ0v) is 18.2. The van der Waals surface area contributed by atoms with Crippen LogP contribution in [0, 0.1) is 5.92 Å². The summed E-state index contributed by atoms with van der Waals surface area (Å²) in [6.45, 7) is 2.52. The van der Waals surface area contributed by atoms with Crippen LogP contribution in [0.2, 0.25) is 0 Å².